The van der Waals surface area contributed by atoms with Crippen molar-refractivity contribution in [1.29, 1.82) is 0 Å². The van der Waals surface area contributed by atoms with Gasteiger partial charge in [-0.25, -0.2) is 9.78 Å². The van der Waals surface area contributed by atoms with Gasteiger partial charge in [-0.15, -0.1) is 0 Å². The van der Waals surface area contributed by atoms with E-state index < -0.39 is 5.97 Å². The Bertz CT molecular complexity index is 927. The summed E-state index contributed by atoms with van der Waals surface area (Å²) in [5.74, 6) is 0.387. The number of aromatic nitrogens is 2. The van der Waals surface area contributed by atoms with Gasteiger partial charge in [0.25, 0.3) is 5.56 Å². The number of hydrogen-bond donors (Lipinski definition) is 0. The van der Waals surface area contributed by atoms with E-state index >= 15 is 0 Å². The van der Waals surface area contributed by atoms with Gasteiger partial charge in [0.15, 0.2) is 0 Å². The van der Waals surface area contributed by atoms with Crippen molar-refractivity contribution in [3.63, 3.8) is 0 Å². The van der Waals surface area contributed by atoms with Crippen LogP contribution in [0.2, 0.25) is 0 Å². The molecule has 0 fully saturated rings. The van der Waals surface area contributed by atoms with E-state index in [1.807, 2.05) is 18.2 Å². The number of nitrogens with zero attached hydrogens (tertiary/aromatic N) is 2. The second kappa shape index (κ2) is 6.66. The maximum atomic E-state index is 12.2. The zero-order valence-electron chi connectivity index (χ0n) is 13.6. The van der Waals surface area contributed by atoms with Gasteiger partial charge in [0.2, 0.25) is 0 Å². The van der Waals surface area contributed by atoms with Crippen molar-refractivity contribution in [2.75, 3.05) is 0 Å². The van der Waals surface area contributed by atoms with Crippen LogP contribution in [-0.4, -0.2) is 15.5 Å². The van der Waals surface area contributed by atoms with Gasteiger partial charge < -0.3 is 4.74 Å². The summed E-state index contributed by atoms with van der Waals surface area (Å²) in [6, 6.07) is 14.6. The second-order valence-corrected chi connectivity index (χ2v) is 5.87. The predicted molar refractivity (Wildman–Crippen MR) is 92.2 cm³/mol. The molecule has 0 amide bonds. The molecule has 1 aromatic heterocycles. The van der Waals surface area contributed by atoms with Gasteiger partial charge in [-0.3, -0.25) is 9.36 Å². The van der Waals surface area contributed by atoms with Crippen molar-refractivity contribution in [3.05, 3.63) is 70.6 Å². The number of carbonyl (C=O) groups is 1. The minimum Gasteiger partial charge on any atom is -0.425 e. The lowest BCUT2D eigenvalue weighted by Crippen LogP contribution is -2.26. The third-order valence-corrected chi connectivity index (χ3v) is 3.82. The highest BCUT2D eigenvalue weighted by molar-refractivity contribution is 5.78. The first kappa shape index (κ1) is 15.9. The molecule has 0 spiro atoms. The molecule has 1 heterocycles. The van der Waals surface area contributed by atoms with Crippen molar-refractivity contribution in [2.24, 2.45) is 0 Å². The maximum Gasteiger partial charge on any atom is 0.331 e. The van der Waals surface area contributed by atoms with Gasteiger partial charge >= 0.3 is 5.97 Å². The monoisotopic (exact) mass is 322 g/mol. The minimum atomic E-state index is -0.495. The topological polar surface area (TPSA) is 61.2 Å². The fourth-order valence-electron chi connectivity index (χ4n) is 2.49. The third-order valence-electron chi connectivity index (χ3n) is 3.82. The van der Waals surface area contributed by atoms with Crippen molar-refractivity contribution < 1.29 is 9.53 Å². The van der Waals surface area contributed by atoms with Crippen LogP contribution in [0.3, 0.4) is 0 Å². The van der Waals surface area contributed by atoms with Crippen LogP contribution in [0.25, 0.3) is 11.0 Å². The molecule has 24 heavy (non-hydrogen) atoms. The van der Waals surface area contributed by atoms with E-state index in [2.05, 4.69) is 18.8 Å². The number of para-hydroxylation sites is 2. The zero-order valence-corrected chi connectivity index (χ0v) is 13.6. The van der Waals surface area contributed by atoms with Gasteiger partial charge in [0, 0.05) is 0 Å². The lowest BCUT2D eigenvalue weighted by molar-refractivity contribution is -0.135. The molecule has 0 N–H and O–H groups in total. The summed E-state index contributed by atoms with van der Waals surface area (Å²) >= 11 is 0. The number of ether oxygens (including phenoxy) is 1. The molecule has 3 aromatic rings. The smallest absolute Gasteiger partial charge is 0.331 e. The highest BCUT2D eigenvalue weighted by Crippen LogP contribution is 2.19. The van der Waals surface area contributed by atoms with E-state index in [4.69, 9.17) is 4.74 Å². The third kappa shape index (κ3) is 3.35. The molecule has 0 aliphatic rings. The molecular weight excluding hydrogens is 304 g/mol. The standard InChI is InChI=1S/C19H18N2O3/c1-13(2)14-7-9-15(10-8-14)24-19(23)12-21-17-6-4-3-5-16(17)20-11-18(21)22/h3-11,13H,12H2,1-2H3. The molecule has 0 atom stereocenters. The Labute approximate surface area is 139 Å². The lowest BCUT2D eigenvalue weighted by atomic mass is 10.0. The predicted octanol–water partition coefficient (Wildman–Crippen LogP) is 3.13. The number of benzene rings is 2. The summed E-state index contributed by atoms with van der Waals surface area (Å²) in [4.78, 5) is 28.3. The van der Waals surface area contributed by atoms with Crippen LogP contribution in [-0.2, 0) is 11.3 Å². The van der Waals surface area contributed by atoms with Crippen LogP contribution >= 0.6 is 0 Å². The van der Waals surface area contributed by atoms with E-state index in [1.54, 1.807) is 30.3 Å². The van der Waals surface area contributed by atoms with Crippen LogP contribution in [0.1, 0.15) is 25.3 Å². The summed E-state index contributed by atoms with van der Waals surface area (Å²) in [5.41, 5.74) is 2.11. The highest BCUT2D eigenvalue weighted by Gasteiger charge is 2.11. The molecule has 5 heteroatoms. The Kier molecular flexibility index (Phi) is 4.42. The van der Waals surface area contributed by atoms with Gasteiger partial charge in [-0.2, -0.15) is 0 Å². The molecule has 0 unspecified atom stereocenters. The van der Waals surface area contributed by atoms with Crippen LogP contribution in [0.15, 0.2) is 59.5 Å². The normalized spacial score (nSPS) is 11.0. The maximum absolute atomic E-state index is 12.2. The van der Waals surface area contributed by atoms with Crippen LogP contribution < -0.4 is 10.3 Å². The Hall–Kier alpha value is -2.95. The number of esters is 1. The van der Waals surface area contributed by atoms with Gasteiger partial charge in [0.05, 0.1) is 17.2 Å². The largest absolute Gasteiger partial charge is 0.425 e. The summed E-state index contributed by atoms with van der Waals surface area (Å²) in [6.07, 6.45) is 1.22. The van der Waals surface area contributed by atoms with Gasteiger partial charge in [-0.1, -0.05) is 38.1 Å². The van der Waals surface area contributed by atoms with Crippen molar-refractivity contribution in [2.45, 2.75) is 26.3 Å². The fraction of sp³-hybridized carbons (Fsp3) is 0.211. The van der Waals surface area contributed by atoms with Crippen molar-refractivity contribution in [3.8, 4) is 5.75 Å². The molecule has 2 aromatic carbocycles. The number of carbonyl (C=O) groups excluding carboxylic acids is 1. The molecule has 0 aliphatic carbocycles. The Morgan fingerprint density at radius 1 is 1.12 bits per heavy atom. The summed E-state index contributed by atoms with van der Waals surface area (Å²) in [6.45, 7) is 4.04. The van der Waals surface area contributed by atoms with Crippen LogP contribution in [0, 0.1) is 0 Å². The van der Waals surface area contributed by atoms with E-state index in [0.29, 0.717) is 22.7 Å². The average Bonchev–Trinajstić information content (AvgIpc) is 2.58. The quantitative estimate of drug-likeness (QED) is 0.547. The first-order valence-electron chi connectivity index (χ1n) is 7.80. The van der Waals surface area contributed by atoms with Gasteiger partial charge in [0.1, 0.15) is 12.3 Å². The van der Waals surface area contributed by atoms with Crippen LogP contribution in [0.4, 0.5) is 0 Å². The van der Waals surface area contributed by atoms with E-state index in [-0.39, 0.29) is 12.1 Å². The summed E-state index contributed by atoms with van der Waals surface area (Å²) in [7, 11) is 0. The molecular formula is C19H18N2O3. The molecule has 3 rings (SSSR count). The SMILES string of the molecule is CC(C)c1ccc(OC(=O)Cn2c(=O)cnc3ccccc32)cc1. The van der Waals surface area contributed by atoms with Crippen molar-refractivity contribution in [1.82, 2.24) is 9.55 Å². The molecule has 0 aliphatic heterocycles. The number of fused-ring (bicyclic) bond motifs is 1. The molecule has 0 saturated carbocycles. The Balaban J connectivity index is 1.80. The van der Waals surface area contributed by atoms with Crippen LogP contribution in [0.5, 0.6) is 5.75 Å². The molecule has 0 bridgehead atoms. The molecule has 0 saturated heterocycles. The Morgan fingerprint density at radius 3 is 2.54 bits per heavy atom. The zero-order chi connectivity index (χ0) is 17.1. The number of rotatable bonds is 4. The molecule has 5 nitrogen and oxygen atoms in total. The number of hydrogen-bond acceptors (Lipinski definition) is 4. The van der Waals surface area contributed by atoms with Gasteiger partial charge in [-0.05, 0) is 35.7 Å². The summed E-state index contributed by atoms with van der Waals surface area (Å²) < 4.78 is 6.71. The average molecular weight is 322 g/mol. The van der Waals surface area contributed by atoms with E-state index in [1.165, 1.54) is 16.3 Å². The minimum absolute atomic E-state index is 0.159. The van der Waals surface area contributed by atoms with E-state index in [9.17, 15) is 9.59 Å². The molecule has 122 valence electrons. The van der Waals surface area contributed by atoms with Crippen molar-refractivity contribution >= 4 is 17.0 Å². The Morgan fingerprint density at radius 2 is 1.83 bits per heavy atom. The van der Waals surface area contributed by atoms with E-state index in [0.717, 1.165) is 0 Å². The lowest BCUT2D eigenvalue weighted by Gasteiger charge is -2.10. The first-order valence-corrected chi connectivity index (χ1v) is 7.80. The highest BCUT2D eigenvalue weighted by atomic mass is 16.5. The summed E-state index contributed by atoms with van der Waals surface area (Å²) in [5, 5.41) is 0. The second-order valence-electron chi connectivity index (χ2n) is 5.87. The first-order chi connectivity index (χ1) is 11.5. The molecule has 0 radical (unpaired) electrons. The fourth-order valence-corrected chi connectivity index (χ4v) is 2.49.